The molecule has 130 valence electrons. The molecule has 1 aromatic heterocycles. The van der Waals surface area contributed by atoms with Gasteiger partial charge in [0.1, 0.15) is 5.75 Å². The quantitative estimate of drug-likeness (QED) is 0.740. The molecule has 0 radical (unpaired) electrons. The third kappa shape index (κ3) is 3.71. The van der Waals surface area contributed by atoms with Crippen LogP contribution in [0.1, 0.15) is 27.9 Å². The van der Waals surface area contributed by atoms with Gasteiger partial charge in [0, 0.05) is 18.2 Å². The molecule has 0 aliphatic heterocycles. The summed E-state index contributed by atoms with van der Waals surface area (Å²) < 4.78 is 52.6. The average molecular weight is 361 g/mol. The topological polar surface area (TPSA) is 119 Å². The second-order valence-corrected chi connectivity index (χ2v) is 5.49. The zero-order valence-electron chi connectivity index (χ0n) is 12.6. The number of amides is 1. The minimum atomic E-state index is -2.89. The van der Waals surface area contributed by atoms with Gasteiger partial charge in [-0.2, -0.15) is 0 Å². The Hall–Kier alpha value is -2.47. The lowest BCUT2D eigenvalue weighted by Crippen LogP contribution is -2.18. The molecule has 0 saturated heterocycles. The number of halogens is 2. The minimum absolute atomic E-state index is 0.0345. The van der Waals surface area contributed by atoms with Crippen molar-refractivity contribution in [3.63, 3.8) is 0 Å². The number of anilines is 1. The van der Waals surface area contributed by atoms with Crippen LogP contribution in [0.5, 0.6) is 5.75 Å². The van der Waals surface area contributed by atoms with Gasteiger partial charge in [0.05, 0.1) is 18.4 Å². The fourth-order valence-electron chi connectivity index (χ4n) is 2.04. The summed E-state index contributed by atoms with van der Waals surface area (Å²) in [6.45, 7) is 0. The van der Waals surface area contributed by atoms with Gasteiger partial charge < -0.3 is 9.29 Å². The molecule has 1 unspecified atom stereocenters. The van der Waals surface area contributed by atoms with E-state index in [4.69, 9.17) is 9.29 Å². The summed E-state index contributed by atoms with van der Waals surface area (Å²) in [6, 6.07) is 2.16. The number of nitrogens with zero attached hydrogens (tertiary/aromatic N) is 4. The van der Waals surface area contributed by atoms with Crippen LogP contribution in [-0.4, -0.2) is 42.0 Å². The van der Waals surface area contributed by atoms with Crippen LogP contribution in [0.25, 0.3) is 0 Å². The first-order valence-electron chi connectivity index (χ1n) is 6.44. The Balaban J connectivity index is 2.48. The summed E-state index contributed by atoms with van der Waals surface area (Å²) in [6.07, 6.45) is -2.89. The Kier molecular flexibility index (Phi) is 5.51. The predicted octanol–water partition coefficient (Wildman–Crippen LogP) is 1.13. The Morgan fingerprint density at radius 1 is 1.50 bits per heavy atom. The van der Waals surface area contributed by atoms with Crippen molar-refractivity contribution in [1.82, 2.24) is 20.2 Å². The van der Waals surface area contributed by atoms with Gasteiger partial charge in [-0.25, -0.2) is 17.7 Å². The zero-order valence-corrected chi connectivity index (χ0v) is 13.4. The van der Waals surface area contributed by atoms with E-state index in [1.807, 2.05) is 0 Å². The maximum atomic E-state index is 13.1. The maximum Gasteiger partial charge on any atom is 0.264 e. The largest absolute Gasteiger partial charge is 0.496 e. The van der Waals surface area contributed by atoms with Crippen LogP contribution < -0.4 is 10.1 Å². The SMILES string of the molecule is COc1c(C(=O)Nc2nnnn2C)ccc(C(F)F)c1CS(=O)O. The summed E-state index contributed by atoms with van der Waals surface area (Å²) in [5.41, 5.74) is -0.784. The van der Waals surface area contributed by atoms with Crippen molar-refractivity contribution in [2.24, 2.45) is 7.05 Å². The van der Waals surface area contributed by atoms with E-state index in [2.05, 4.69) is 20.8 Å². The van der Waals surface area contributed by atoms with E-state index in [0.717, 1.165) is 12.1 Å². The number of methoxy groups -OCH3 is 1. The number of hydrogen-bond donors (Lipinski definition) is 2. The zero-order chi connectivity index (χ0) is 17.9. The number of carbonyl (C=O) groups is 1. The van der Waals surface area contributed by atoms with Gasteiger partial charge in [-0.05, 0) is 16.5 Å². The highest BCUT2D eigenvalue weighted by molar-refractivity contribution is 7.78. The molecule has 1 heterocycles. The third-order valence-corrected chi connectivity index (χ3v) is 3.63. The Bertz CT molecular complexity index is 783. The van der Waals surface area contributed by atoms with Crippen molar-refractivity contribution in [2.75, 3.05) is 12.4 Å². The number of nitrogens with one attached hydrogen (secondary N) is 1. The molecular formula is C12H13F2N5O4S. The molecule has 1 aromatic carbocycles. The second-order valence-electron chi connectivity index (χ2n) is 4.56. The van der Waals surface area contributed by atoms with E-state index >= 15 is 0 Å². The van der Waals surface area contributed by atoms with Crippen LogP contribution in [0.4, 0.5) is 14.7 Å². The normalized spacial score (nSPS) is 12.2. The van der Waals surface area contributed by atoms with E-state index in [1.165, 1.54) is 18.8 Å². The highest BCUT2D eigenvalue weighted by Gasteiger charge is 2.24. The maximum absolute atomic E-state index is 13.1. The number of aromatic nitrogens is 4. The standard InChI is InChI=1S/C12H13F2N5O4S/c1-19-12(16-17-18-19)15-11(20)7-4-3-6(10(13)14)8(5-24(21)22)9(7)23-2/h3-4,10H,5H2,1-2H3,(H,21,22)(H,15,16,18,20). The summed E-state index contributed by atoms with van der Waals surface area (Å²) in [4.78, 5) is 12.3. The average Bonchev–Trinajstić information content (AvgIpc) is 2.90. The first-order chi connectivity index (χ1) is 11.3. The van der Waals surface area contributed by atoms with Crippen molar-refractivity contribution < 1.29 is 27.1 Å². The van der Waals surface area contributed by atoms with Gasteiger partial charge >= 0.3 is 0 Å². The Morgan fingerprint density at radius 2 is 2.21 bits per heavy atom. The summed E-state index contributed by atoms with van der Waals surface area (Å²) in [5.74, 6) is -1.49. The van der Waals surface area contributed by atoms with Gasteiger partial charge in [0.15, 0.2) is 11.1 Å². The van der Waals surface area contributed by atoms with Crippen LogP contribution in [0.15, 0.2) is 12.1 Å². The molecule has 0 fully saturated rings. The van der Waals surface area contributed by atoms with Crippen molar-refractivity contribution in [3.05, 3.63) is 28.8 Å². The van der Waals surface area contributed by atoms with Gasteiger partial charge in [0.25, 0.3) is 12.3 Å². The molecule has 0 saturated carbocycles. The molecule has 1 amide bonds. The van der Waals surface area contributed by atoms with E-state index in [0.29, 0.717) is 0 Å². The van der Waals surface area contributed by atoms with Crippen LogP contribution in [0.3, 0.4) is 0 Å². The molecule has 0 bridgehead atoms. The van der Waals surface area contributed by atoms with Crippen LogP contribution >= 0.6 is 0 Å². The first-order valence-corrected chi connectivity index (χ1v) is 7.71. The molecule has 2 rings (SSSR count). The van der Waals surface area contributed by atoms with Crippen molar-refractivity contribution >= 4 is 22.9 Å². The van der Waals surface area contributed by atoms with E-state index in [9.17, 15) is 17.8 Å². The summed E-state index contributed by atoms with van der Waals surface area (Å²) >= 11 is -2.39. The first kappa shape index (κ1) is 17.9. The Labute approximate surface area is 137 Å². The number of tetrazole rings is 1. The lowest BCUT2D eigenvalue weighted by Gasteiger charge is -2.16. The summed E-state index contributed by atoms with van der Waals surface area (Å²) in [7, 11) is 2.67. The number of hydrogen-bond acceptors (Lipinski definition) is 6. The highest BCUT2D eigenvalue weighted by atomic mass is 32.2. The molecule has 24 heavy (non-hydrogen) atoms. The number of alkyl halides is 2. The molecule has 0 spiro atoms. The number of benzene rings is 1. The van der Waals surface area contributed by atoms with Crippen molar-refractivity contribution in [1.29, 1.82) is 0 Å². The fourth-order valence-corrected chi connectivity index (χ4v) is 2.58. The Morgan fingerprint density at radius 3 is 2.71 bits per heavy atom. The molecule has 0 aliphatic rings. The molecule has 0 aliphatic carbocycles. The number of aryl methyl sites for hydroxylation is 1. The smallest absolute Gasteiger partial charge is 0.264 e. The lowest BCUT2D eigenvalue weighted by atomic mass is 10.0. The third-order valence-electron chi connectivity index (χ3n) is 3.09. The molecule has 2 aromatic rings. The van der Waals surface area contributed by atoms with E-state index < -0.39 is 34.7 Å². The van der Waals surface area contributed by atoms with E-state index in [1.54, 1.807) is 0 Å². The molecule has 1 atom stereocenters. The number of rotatable bonds is 6. The molecule has 2 N–H and O–H groups in total. The second kappa shape index (κ2) is 7.40. The molecule has 12 heteroatoms. The number of carbonyl (C=O) groups excluding carboxylic acids is 1. The van der Waals surface area contributed by atoms with Crippen LogP contribution in [0.2, 0.25) is 0 Å². The van der Waals surface area contributed by atoms with E-state index in [-0.39, 0.29) is 22.8 Å². The number of ether oxygens (including phenoxy) is 1. The molecular weight excluding hydrogens is 348 g/mol. The van der Waals surface area contributed by atoms with Crippen LogP contribution in [0, 0.1) is 0 Å². The fraction of sp³-hybridized carbons (Fsp3) is 0.333. The van der Waals surface area contributed by atoms with Gasteiger partial charge in [-0.1, -0.05) is 11.2 Å². The predicted molar refractivity (Wildman–Crippen MR) is 79.2 cm³/mol. The lowest BCUT2D eigenvalue weighted by molar-refractivity contribution is 0.102. The highest BCUT2D eigenvalue weighted by Crippen LogP contribution is 2.34. The van der Waals surface area contributed by atoms with Crippen molar-refractivity contribution in [3.8, 4) is 5.75 Å². The van der Waals surface area contributed by atoms with Crippen molar-refractivity contribution in [2.45, 2.75) is 12.2 Å². The van der Waals surface area contributed by atoms with Gasteiger partial charge in [-0.15, -0.1) is 0 Å². The minimum Gasteiger partial charge on any atom is -0.496 e. The molecule has 9 nitrogen and oxygen atoms in total. The van der Waals surface area contributed by atoms with Gasteiger partial charge in [0.2, 0.25) is 5.95 Å². The summed E-state index contributed by atoms with van der Waals surface area (Å²) in [5, 5.41) is 12.9. The van der Waals surface area contributed by atoms with Crippen LogP contribution in [-0.2, 0) is 23.9 Å². The monoisotopic (exact) mass is 361 g/mol. The van der Waals surface area contributed by atoms with Gasteiger partial charge in [-0.3, -0.25) is 10.1 Å².